The van der Waals surface area contributed by atoms with Crippen molar-refractivity contribution in [2.24, 2.45) is 0 Å². The Balaban J connectivity index is 2.19. The zero-order valence-electron chi connectivity index (χ0n) is 8.79. The topological polar surface area (TPSA) is 41.5 Å². The van der Waals surface area contributed by atoms with Crippen LogP contribution in [0.3, 0.4) is 0 Å². The lowest BCUT2D eigenvalue weighted by atomic mass is 10.1. The fraction of sp³-hybridized carbons (Fsp3) is 1.00. The first-order chi connectivity index (χ1) is 6.09. The third-order valence-electron chi connectivity index (χ3n) is 2.43. The monoisotopic (exact) mass is 187 g/mol. The molecule has 0 bridgehead atoms. The van der Waals surface area contributed by atoms with Crippen molar-refractivity contribution >= 4 is 0 Å². The third-order valence-corrected chi connectivity index (χ3v) is 2.43. The molecule has 3 atom stereocenters. The van der Waals surface area contributed by atoms with Gasteiger partial charge in [-0.2, -0.15) is 0 Å². The molecule has 0 amide bonds. The number of ether oxygens (including phenoxy) is 1. The van der Waals surface area contributed by atoms with Gasteiger partial charge in [-0.3, -0.25) is 0 Å². The summed E-state index contributed by atoms with van der Waals surface area (Å²) < 4.78 is 5.57. The Kier molecular flexibility index (Phi) is 4.16. The largest absolute Gasteiger partial charge is 0.389 e. The minimum atomic E-state index is -0.354. The van der Waals surface area contributed by atoms with Gasteiger partial charge in [-0.05, 0) is 19.8 Å². The highest BCUT2D eigenvalue weighted by Gasteiger charge is 2.27. The molecule has 0 aliphatic carbocycles. The Morgan fingerprint density at radius 3 is 2.62 bits per heavy atom. The second-order valence-electron chi connectivity index (χ2n) is 4.19. The lowest BCUT2D eigenvalue weighted by molar-refractivity contribution is -0.0279. The smallest absolute Gasteiger partial charge is 0.0926 e. The van der Waals surface area contributed by atoms with Crippen LogP contribution < -0.4 is 5.32 Å². The van der Waals surface area contributed by atoms with E-state index in [9.17, 15) is 5.11 Å². The van der Waals surface area contributed by atoms with Gasteiger partial charge in [0.2, 0.25) is 0 Å². The standard InChI is InChI=1S/C10H21NO2/c1-7(2)11-6-9(12)10-5-4-8(3)13-10/h7-12H,4-6H2,1-3H3. The molecule has 1 saturated heterocycles. The number of hydrogen-bond donors (Lipinski definition) is 2. The molecule has 1 aliphatic heterocycles. The first-order valence-electron chi connectivity index (χ1n) is 5.16. The molecule has 2 N–H and O–H groups in total. The van der Waals surface area contributed by atoms with Crippen LogP contribution in [0.2, 0.25) is 0 Å². The molecule has 3 nitrogen and oxygen atoms in total. The highest BCUT2D eigenvalue weighted by molar-refractivity contribution is 4.79. The molecule has 13 heavy (non-hydrogen) atoms. The Hall–Kier alpha value is -0.120. The lowest BCUT2D eigenvalue weighted by Gasteiger charge is -2.20. The van der Waals surface area contributed by atoms with Crippen molar-refractivity contribution < 1.29 is 9.84 Å². The van der Waals surface area contributed by atoms with E-state index in [2.05, 4.69) is 26.1 Å². The second-order valence-corrected chi connectivity index (χ2v) is 4.19. The van der Waals surface area contributed by atoms with E-state index in [0.717, 1.165) is 12.8 Å². The second kappa shape index (κ2) is 4.94. The van der Waals surface area contributed by atoms with Gasteiger partial charge in [0.25, 0.3) is 0 Å². The van der Waals surface area contributed by atoms with Gasteiger partial charge in [-0.25, -0.2) is 0 Å². The maximum Gasteiger partial charge on any atom is 0.0926 e. The summed E-state index contributed by atoms with van der Waals surface area (Å²) in [5.41, 5.74) is 0. The van der Waals surface area contributed by atoms with Crippen molar-refractivity contribution in [2.45, 2.75) is 58.0 Å². The zero-order chi connectivity index (χ0) is 9.84. The van der Waals surface area contributed by atoms with E-state index in [1.165, 1.54) is 0 Å². The molecule has 0 aromatic carbocycles. The van der Waals surface area contributed by atoms with Crippen LogP contribution in [0.4, 0.5) is 0 Å². The Bertz CT molecular complexity index is 150. The quantitative estimate of drug-likeness (QED) is 0.687. The summed E-state index contributed by atoms with van der Waals surface area (Å²) in [4.78, 5) is 0. The summed E-state index contributed by atoms with van der Waals surface area (Å²) in [6, 6.07) is 0.425. The summed E-state index contributed by atoms with van der Waals surface area (Å²) >= 11 is 0. The molecular weight excluding hydrogens is 166 g/mol. The molecule has 1 aliphatic rings. The molecule has 3 heteroatoms. The molecule has 1 heterocycles. The number of nitrogens with one attached hydrogen (secondary N) is 1. The van der Waals surface area contributed by atoms with E-state index in [0.29, 0.717) is 18.7 Å². The van der Waals surface area contributed by atoms with Crippen molar-refractivity contribution in [1.29, 1.82) is 0 Å². The summed E-state index contributed by atoms with van der Waals surface area (Å²) in [7, 11) is 0. The van der Waals surface area contributed by atoms with Crippen molar-refractivity contribution in [1.82, 2.24) is 5.32 Å². The van der Waals surface area contributed by atoms with Crippen molar-refractivity contribution in [2.75, 3.05) is 6.54 Å². The number of rotatable bonds is 4. The van der Waals surface area contributed by atoms with Crippen LogP contribution in [0.15, 0.2) is 0 Å². The Labute approximate surface area is 80.5 Å². The van der Waals surface area contributed by atoms with Crippen molar-refractivity contribution in [3.05, 3.63) is 0 Å². The Morgan fingerprint density at radius 1 is 1.46 bits per heavy atom. The van der Waals surface area contributed by atoms with Gasteiger partial charge < -0.3 is 15.2 Å². The molecule has 0 aromatic rings. The van der Waals surface area contributed by atoms with Gasteiger partial charge in [0.1, 0.15) is 0 Å². The highest BCUT2D eigenvalue weighted by atomic mass is 16.5. The van der Waals surface area contributed by atoms with Gasteiger partial charge in [0, 0.05) is 12.6 Å². The fourth-order valence-electron chi connectivity index (χ4n) is 1.60. The van der Waals surface area contributed by atoms with Gasteiger partial charge in [-0.15, -0.1) is 0 Å². The Morgan fingerprint density at radius 2 is 2.15 bits per heavy atom. The molecular formula is C10H21NO2. The predicted octanol–water partition coefficient (Wildman–Crippen LogP) is 0.913. The van der Waals surface area contributed by atoms with Gasteiger partial charge in [0.05, 0.1) is 18.3 Å². The van der Waals surface area contributed by atoms with Gasteiger partial charge in [-0.1, -0.05) is 13.8 Å². The van der Waals surface area contributed by atoms with E-state index in [1.807, 2.05) is 0 Å². The maximum absolute atomic E-state index is 9.73. The van der Waals surface area contributed by atoms with Crippen LogP contribution >= 0.6 is 0 Å². The molecule has 0 aromatic heterocycles. The summed E-state index contributed by atoms with van der Waals surface area (Å²) in [6.45, 7) is 6.84. The zero-order valence-corrected chi connectivity index (χ0v) is 8.79. The maximum atomic E-state index is 9.73. The molecule has 1 rings (SSSR count). The van der Waals surface area contributed by atoms with Gasteiger partial charge in [0.15, 0.2) is 0 Å². The number of aliphatic hydroxyl groups excluding tert-OH is 1. The highest BCUT2D eigenvalue weighted by Crippen LogP contribution is 2.21. The van der Waals surface area contributed by atoms with E-state index < -0.39 is 0 Å². The molecule has 78 valence electrons. The van der Waals surface area contributed by atoms with Crippen LogP contribution in [-0.4, -0.2) is 36.0 Å². The number of hydrogen-bond acceptors (Lipinski definition) is 3. The predicted molar refractivity (Wildman–Crippen MR) is 52.7 cm³/mol. The molecule has 3 unspecified atom stereocenters. The van der Waals surface area contributed by atoms with Crippen molar-refractivity contribution in [3.8, 4) is 0 Å². The van der Waals surface area contributed by atoms with E-state index in [4.69, 9.17) is 4.74 Å². The van der Waals surface area contributed by atoms with Crippen LogP contribution in [0.25, 0.3) is 0 Å². The minimum absolute atomic E-state index is 0.0428. The fourth-order valence-corrected chi connectivity index (χ4v) is 1.60. The average molecular weight is 187 g/mol. The van der Waals surface area contributed by atoms with Crippen LogP contribution in [0, 0.1) is 0 Å². The molecule has 0 saturated carbocycles. The summed E-state index contributed by atoms with van der Waals surface area (Å²) in [5.74, 6) is 0. The normalized spacial score (nSPS) is 31.2. The van der Waals surface area contributed by atoms with Crippen LogP contribution in [-0.2, 0) is 4.74 Å². The average Bonchev–Trinajstić information content (AvgIpc) is 2.47. The van der Waals surface area contributed by atoms with Crippen molar-refractivity contribution in [3.63, 3.8) is 0 Å². The van der Waals surface area contributed by atoms with E-state index >= 15 is 0 Å². The first kappa shape index (κ1) is 11.0. The first-order valence-corrected chi connectivity index (χ1v) is 5.16. The molecule has 0 radical (unpaired) electrons. The molecule has 0 spiro atoms. The van der Waals surface area contributed by atoms with Gasteiger partial charge >= 0.3 is 0 Å². The van der Waals surface area contributed by atoms with E-state index in [1.54, 1.807) is 0 Å². The number of aliphatic hydroxyl groups is 1. The van der Waals surface area contributed by atoms with E-state index in [-0.39, 0.29) is 12.2 Å². The lowest BCUT2D eigenvalue weighted by Crippen LogP contribution is -2.38. The molecule has 1 fully saturated rings. The third kappa shape index (κ3) is 3.63. The minimum Gasteiger partial charge on any atom is -0.389 e. The van der Waals surface area contributed by atoms with Crippen LogP contribution in [0.1, 0.15) is 33.6 Å². The van der Waals surface area contributed by atoms with Crippen LogP contribution in [0.5, 0.6) is 0 Å². The summed E-state index contributed by atoms with van der Waals surface area (Å²) in [5, 5.41) is 12.9. The SMILES string of the molecule is CC(C)NCC(O)C1CCC(C)O1. The summed E-state index contributed by atoms with van der Waals surface area (Å²) in [6.07, 6.45) is 2.07.